The summed E-state index contributed by atoms with van der Waals surface area (Å²) in [5.41, 5.74) is 1.74. The molecule has 1 fully saturated rings. The number of aryl methyl sites for hydroxylation is 1. The summed E-state index contributed by atoms with van der Waals surface area (Å²) in [7, 11) is 1.65. The van der Waals surface area contributed by atoms with E-state index in [9.17, 15) is 9.59 Å². The zero-order chi connectivity index (χ0) is 17.1. The molecule has 1 saturated heterocycles. The topological polar surface area (TPSA) is 65.6 Å². The lowest BCUT2D eigenvalue weighted by atomic mass is 10.1. The molecular weight excluding hydrogens is 306 g/mol. The minimum Gasteiger partial charge on any atom is -0.497 e. The number of nitrogens with one attached hydrogen (secondary N) is 1. The number of hydrogen-bond acceptors (Lipinski definition) is 4. The Hall–Kier alpha value is -2.76. The van der Waals surface area contributed by atoms with Crippen molar-refractivity contribution >= 4 is 11.6 Å². The van der Waals surface area contributed by atoms with Gasteiger partial charge < -0.3 is 19.5 Å². The van der Waals surface area contributed by atoms with Crippen molar-refractivity contribution in [1.29, 1.82) is 0 Å². The van der Waals surface area contributed by atoms with Crippen LogP contribution in [0.4, 0.5) is 5.69 Å². The number of piperazine rings is 1. The lowest BCUT2D eigenvalue weighted by molar-refractivity contribution is 0.0744. The summed E-state index contributed by atoms with van der Waals surface area (Å²) in [5.74, 6) is 0.634. The molecule has 126 valence electrons. The van der Waals surface area contributed by atoms with Gasteiger partial charge in [0.2, 0.25) is 0 Å². The summed E-state index contributed by atoms with van der Waals surface area (Å²) in [6, 6.07) is 9.65. The van der Waals surface area contributed by atoms with Gasteiger partial charge in [0.15, 0.2) is 0 Å². The Bertz CT molecular complexity index is 775. The molecule has 1 aromatic heterocycles. The molecule has 0 saturated carbocycles. The maximum Gasteiger partial charge on any atom is 0.261 e. The van der Waals surface area contributed by atoms with Gasteiger partial charge in [-0.1, -0.05) is 0 Å². The van der Waals surface area contributed by atoms with E-state index in [0.717, 1.165) is 24.5 Å². The first-order valence-electron chi connectivity index (χ1n) is 7.96. The molecule has 2 heterocycles. The number of methoxy groups -OCH3 is 1. The fourth-order valence-corrected chi connectivity index (χ4v) is 2.96. The highest BCUT2D eigenvalue weighted by Crippen LogP contribution is 2.21. The SMILES string of the molecule is COc1ccc(N2CCN(C(=O)c3c(C)cc[nH]c3=O)CC2)cc1. The second kappa shape index (κ2) is 6.78. The van der Waals surface area contributed by atoms with Crippen LogP contribution in [0.15, 0.2) is 41.3 Å². The Balaban J connectivity index is 1.68. The molecule has 24 heavy (non-hydrogen) atoms. The van der Waals surface area contributed by atoms with Gasteiger partial charge in [-0.3, -0.25) is 9.59 Å². The van der Waals surface area contributed by atoms with E-state index in [-0.39, 0.29) is 17.0 Å². The van der Waals surface area contributed by atoms with Crippen LogP contribution >= 0.6 is 0 Å². The minimum atomic E-state index is -0.322. The Morgan fingerprint density at radius 1 is 1.08 bits per heavy atom. The summed E-state index contributed by atoms with van der Waals surface area (Å²) < 4.78 is 5.17. The van der Waals surface area contributed by atoms with E-state index in [1.54, 1.807) is 31.2 Å². The number of benzene rings is 1. The normalized spacial score (nSPS) is 14.6. The summed E-state index contributed by atoms with van der Waals surface area (Å²) in [6.07, 6.45) is 1.57. The van der Waals surface area contributed by atoms with Gasteiger partial charge in [-0.2, -0.15) is 0 Å². The Morgan fingerprint density at radius 2 is 1.75 bits per heavy atom. The minimum absolute atomic E-state index is 0.191. The lowest BCUT2D eigenvalue weighted by Gasteiger charge is -2.36. The van der Waals surface area contributed by atoms with E-state index < -0.39 is 0 Å². The third kappa shape index (κ3) is 3.13. The van der Waals surface area contributed by atoms with Gasteiger partial charge >= 0.3 is 0 Å². The number of rotatable bonds is 3. The van der Waals surface area contributed by atoms with Gasteiger partial charge in [-0.25, -0.2) is 0 Å². The number of pyridine rings is 1. The lowest BCUT2D eigenvalue weighted by Crippen LogP contribution is -2.49. The molecule has 3 rings (SSSR count). The molecule has 0 bridgehead atoms. The van der Waals surface area contributed by atoms with Crippen LogP contribution in [0.2, 0.25) is 0 Å². The van der Waals surface area contributed by atoms with Crippen molar-refractivity contribution in [2.24, 2.45) is 0 Å². The summed E-state index contributed by atoms with van der Waals surface area (Å²) >= 11 is 0. The van der Waals surface area contributed by atoms with Gasteiger partial charge in [0, 0.05) is 38.1 Å². The molecule has 1 aliphatic heterocycles. The van der Waals surface area contributed by atoms with Crippen molar-refractivity contribution in [3.8, 4) is 5.75 Å². The number of ether oxygens (including phenoxy) is 1. The Morgan fingerprint density at radius 3 is 2.33 bits per heavy atom. The first kappa shape index (κ1) is 16.1. The van der Waals surface area contributed by atoms with Crippen molar-refractivity contribution < 1.29 is 9.53 Å². The number of nitrogens with zero attached hydrogens (tertiary/aromatic N) is 2. The predicted molar refractivity (Wildman–Crippen MR) is 92.9 cm³/mol. The average Bonchev–Trinajstić information content (AvgIpc) is 2.62. The molecule has 0 atom stereocenters. The molecule has 0 unspecified atom stereocenters. The zero-order valence-electron chi connectivity index (χ0n) is 13.9. The van der Waals surface area contributed by atoms with Crippen LogP contribution in [0.5, 0.6) is 5.75 Å². The van der Waals surface area contributed by atoms with E-state index in [4.69, 9.17) is 4.74 Å². The fraction of sp³-hybridized carbons (Fsp3) is 0.333. The largest absolute Gasteiger partial charge is 0.497 e. The summed E-state index contributed by atoms with van der Waals surface area (Å²) in [4.78, 5) is 31.1. The van der Waals surface area contributed by atoms with Crippen molar-refractivity contribution in [2.45, 2.75) is 6.92 Å². The number of aromatic nitrogens is 1. The molecule has 1 N–H and O–H groups in total. The number of aromatic amines is 1. The van der Waals surface area contributed by atoms with E-state index in [0.29, 0.717) is 18.7 Å². The van der Waals surface area contributed by atoms with E-state index in [1.807, 2.05) is 24.3 Å². The summed E-state index contributed by atoms with van der Waals surface area (Å²) in [6.45, 7) is 4.46. The Labute approximate surface area is 140 Å². The Kier molecular flexibility index (Phi) is 4.55. The summed E-state index contributed by atoms with van der Waals surface area (Å²) in [5, 5.41) is 0. The number of H-pyrrole nitrogens is 1. The highest BCUT2D eigenvalue weighted by Gasteiger charge is 2.25. The average molecular weight is 327 g/mol. The first-order valence-corrected chi connectivity index (χ1v) is 7.96. The van der Waals surface area contributed by atoms with Gasteiger partial charge in [-0.15, -0.1) is 0 Å². The van der Waals surface area contributed by atoms with Crippen molar-refractivity contribution in [2.75, 3.05) is 38.2 Å². The van der Waals surface area contributed by atoms with Crippen LogP contribution in [-0.4, -0.2) is 49.1 Å². The highest BCUT2D eigenvalue weighted by molar-refractivity contribution is 5.95. The molecule has 1 aliphatic rings. The van der Waals surface area contributed by atoms with Crippen LogP contribution in [0.3, 0.4) is 0 Å². The molecule has 2 aromatic rings. The number of anilines is 1. The van der Waals surface area contributed by atoms with Crippen molar-refractivity contribution in [3.63, 3.8) is 0 Å². The number of carbonyl (C=O) groups is 1. The van der Waals surface area contributed by atoms with Gasteiger partial charge in [0.1, 0.15) is 11.3 Å². The third-order valence-electron chi connectivity index (χ3n) is 4.39. The molecular formula is C18H21N3O3. The molecule has 1 aromatic carbocycles. The van der Waals surface area contributed by atoms with Crippen LogP contribution in [0.1, 0.15) is 15.9 Å². The van der Waals surface area contributed by atoms with E-state index in [1.165, 1.54) is 0 Å². The van der Waals surface area contributed by atoms with Crippen molar-refractivity contribution in [3.05, 3.63) is 58.0 Å². The predicted octanol–water partition coefficient (Wildman–Crippen LogP) is 1.65. The molecule has 0 aliphatic carbocycles. The maximum atomic E-state index is 12.6. The number of amides is 1. The van der Waals surface area contributed by atoms with Crippen LogP contribution in [0, 0.1) is 6.92 Å². The van der Waals surface area contributed by atoms with E-state index in [2.05, 4.69) is 9.88 Å². The quantitative estimate of drug-likeness (QED) is 0.931. The smallest absolute Gasteiger partial charge is 0.261 e. The third-order valence-corrected chi connectivity index (χ3v) is 4.39. The highest BCUT2D eigenvalue weighted by atomic mass is 16.5. The first-order chi connectivity index (χ1) is 11.6. The second-order valence-corrected chi connectivity index (χ2v) is 5.84. The zero-order valence-corrected chi connectivity index (χ0v) is 13.9. The number of carbonyl (C=O) groups excluding carboxylic acids is 1. The van der Waals surface area contributed by atoms with Crippen LogP contribution < -0.4 is 15.2 Å². The van der Waals surface area contributed by atoms with Gasteiger partial charge in [0.05, 0.1) is 7.11 Å². The monoisotopic (exact) mass is 327 g/mol. The molecule has 6 heteroatoms. The standard InChI is InChI=1S/C18H21N3O3/c1-13-7-8-19-17(22)16(13)18(23)21-11-9-20(10-12-21)14-3-5-15(24-2)6-4-14/h3-8H,9-12H2,1-2H3,(H,19,22). The number of hydrogen-bond donors (Lipinski definition) is 1. The maximum absolute atomic E-state index is 12.6. The molecule has 0 spiro atoms. The van der Waals surface area contributed by atoms with E-state index >= 15 is 0 Å². The second-order valence-electron chi connectivity index (χ2n) is 5.84. The molecule has 1 amide bonds. The van der Waals surface area contributed by atoms with Gasteiger partial charge in [-0.05, 0) is 42.8 Å². The van der Waals surface area contributed by atoms with Gasteiger partial charge in [0.25, 0.3) is 11.5 Å². The van der Waals surface area contributed by atoms with Crippen LogP contribution in [-0.2, 0) is 0 Å². The van der Waals surface area contributed by atoms with Crippen LogP contribution in [0.25, 0.3) is 0 Å². The molecule has 0 radical (unpaired) electrons. The van der Waals surface area contributed by atoms with Crippen molar-refractivity contribution in [1.82, 2.24) is 9.88 Å². The fourth-order valence-electron chi connectivity index (χ4n) is 2.96. The molecule has 6 nitrogen and oxygen atoms in total.